The van der Waals surface area contributed by atoms with Crippen LogP contribution in [0.25, 0.3) is 0 Å². The monoisotopic (exact) mass is 194 g/mol. The van der Waals surface area contributed by atoms with Crippen molar-refractivity contribution in [2.75, 3.05) is 0 Å². The fourth-order valence-electron chi connectivity index (χ4n) is 3.65. The summed E-state index contributed by atoms with van der Waals surface area (Å²) in [4.78, 5) is 0. The molecule has 0 amide bonds. The summed E-state index contributed by atoms with van der Waals surface area (Å²) in [6.45, 7) is 6.71. The number of nitrogens with two attached hydrogens (primary N) is 1. The zero-order valence-corrected chi connectivity index (χ0v) is 9.64. The van der Waals surface area contributed by atoms with Gasteiger partial charge >= 0.3 is 0 Å². The molecule has 2 fully saturated rings. The number of hydrogen-bond acceptors (Lipinski definition) is 2. The van der Waals surface area contributed by atoms with Gasteiger partial charge in [0.05, 0.1) is 0 Å². The predicted molar refractivity (Wildman–Crippen MR) is 60.1 cm³/mol. The van der Waals surface area contributed by atoms with E-state index in [-0.39, 0.29) is 5.41 Å². The first kappa shape index (κ1) is 10.0. The van der Waals surface area contributed by atoms with Gasteiger partial charge in [-0.05, 0) is 38.0 Å². The van der Waals surface area contributed by atoms with Crippen molar-refractivity contribution in [1.29, 1.82) is 0 Å². The van der Waals surface area contributed by atoms with Crippen LogP contribution in [-0.4, -0.2) is 5.71 Å². The number of rotatable bonds is 1. The molecule has 14 heavy (non-hydrogen) atoms. The minimum absolute atomic E-state index is 0.147. The lowest BCUT2D eigenvalue weighted by Gasteiger charge is -2.35. The largest absolute Gasteiger partial charge is 0.323 e. The molecule has 2 rings (SSSR count). The molecule has 2 aliphatic carbocycles. The van der Waals surface area contributed by atoms with Crippen molar-refractivity contribution >= 4 is 5.71 Å². The molecular weight excluding hydrogens is 172 g/mol. The van der Waals surface area contributed by atoms with Gasteiger partial charge < -0.3 is 5.84 Å². The van der Waals surface area contributed by atoms with Crippen molar-refractivity contribution in [3.63, 3.8) is 0 Å². The van der Waals surface area contributed by atoms with Crippen LogP contribution in [-0.2, 0) is 0 Å². The Balaban J connectivity index is 2.29. The Kier molecular flexibility index (Phi) is 2.13. The average Bonchev–Trinajstić information content (AvgIpc) is 2.61. The number of hydrazone groups is 1. The highest BCUT2D eigenvalue weighted by Gasteiger charge is 2.50. The fraction of sp³-hybridized carbons (Fsp3) is 0.917. The minimum Gasteiger partial charge on any atom is -0.323 e. The van der Waals surface area contributed by atoms with Crippen LogP contribution in [0.2, 0.25) is 0 Å². The van der Waals surface area contributed by atoms with Crippen LogP contribution in [0, 0.1) is 16.7 Å². The summed E-state index contributed by atoms with van der Waals surface area (Å²) in [5.41, 5.74) is 1.80. The molecule has 0 saturated heterocycles. The summed E-state index contributed by atoms with van der Waals surface area (Å²) in [6, 6.07) is 0. The molecular formula is C12H22N2. The van der Waals surface area contributed by atoms with E-state index in [0.717, 1.165) is 5.92 Å². The quantitative estimate of drug-likeness (QED) is 0.389. The Morgan fingerprint density at radius 3 is 2.14 bits per heavy atom. The topological polar surface area (TPSA) is 38.4 Å². The molecule has 2 saturated carbocycles. The third-order valence-electron chi connectivity index (χ3n) is 4.08. The smallest absolute Gasteiger partial charge is 0.0490 e. The van der Waals surface area contributed by atoms with E-state index in [2.05, 4.69) is 25.9 Å². The average molecular weight is 194 g/mol. The van der Waals surface area contributed by atoms with Gasteiger partial charge in [0.25, 0.3) is 0 Å². The molecule has 2 N–H and O–H groups in total. The SMILES string of the molecule is CC(C)(C)/C(=N/N)C12CCC(CC1)C2. The van der Waals surface area contributed by atoms with E-state index < -0.39 is 0 Å². The Bertz CT molecular complexity index is 252. The van der Waals surface area contributed by atoms with Crippen LogP contribution < -0.4 is 5.84 Å². The molecule has 0 heterocycles. The Hall–Kier alpha value is -0.530. The Morgan fingerprint density at radius 2 is 1.86 bits per heavy atom. The summed E-state index contributed by atoms with van der Waals surface area (Å²) >= 11 is 0. The second kappa shape index (κ2) is 2.98. The van der Waals surface area contributed by atoms with Crippen molar-refractivity contribution in [3.8, 4) is 0 Å². The molecule has 80 valence electrons. The van der Waals surface area contributed by atoms with Gasteiger partial charge in [-0.3, -0.25) is 0 Å². The molecule has 2 nitrogen and oxygen atoms in total. The second-order valence-corrected chi connectivity index (χ2v) is 6.16. The third kappa shape index (κ3) is 1.35. The molecule has 2 bridgehead atoms. The lowest BCUT2D eigenvalue weighted by atomic mass is 9.70. The van der Waals surface area contributed by atoms with Crippen molar-refractivity contribution in [2.45, 2.75) is 52.9 Å². The molecule has 0 spiro atoms. The first-order valence-corrected chi connectivity index (χ1v) is 5.77. The van der Waals surface area contributed by atoms with Gasteiger partial charge in [0.1, 0.15) is 0 Å². The van der Waals surface area contributed by atoms with E-state index in [4.69, 9.17) is 5.84 Å². The van der Waals surface area contributed by atoms with E-state index in [1.807, 2.05) is 0 Å². The van der Waals surface area contributed by atoms with Gasteiger partial charge in [-0.2, -0.15) is 5.10 Å². The molecule has 0 aromatic rings. The van der Waals surface area contributed by atoms with Crippen LogP contribution in [0.15, 0.2) is 5.10 Å². The maximum atomic E-state index is 5.61. The summed E-state index contributed by atoms with van der Waals surface area (Å²) in [5, 5.41) is 4.13. The molecule has 2 aliphatic rings. The van der Waals surface area contributed by atoms with Gasteiger partial charge in [0.2, 0.25) is 0 Å². The van der Waals surface area contributed by atoms with Crippen molar-refractivity contribution in [1.82, 2.24) is 0 Å². The highest BCUT2D eigenvalue weighted by Crippen LogP contribution is 2.57. The molecule has 0 aromatic heterocycles. The van der Waals surface area contributed by atoms with Crippen molar-refractivity contribution < 1.29 is 0 Å². The highest BCUT2D eigenvalue weighted by molar-refractivity contribution is 5.94. The van der Waals surface area contributed by atoms with Gasteiger partial charge in [0, 0.05) is 16.5 Å². The normalized spacial score (nSPS) is 37.9. The molecule has 0 aliphatic heterocycles. The summed E-state index contributed by atoms with van der Waals surface area (Å²) in [6.07, 6.45) is 6.79. The van der Waals surface area contributed by atoms with Gasteiger partial charge in [0.15, 0.2) is 0 Å². The zero-order chi connectivity index (χ0) is 10.4. The summed E-state index contributed by atoms with van der Waals surface area (Å²) in [7, 11) is 0. The van der Waals surface area contributed by atoms with Crippen LogP contribution >= 0.6 is 0 Å². The van der Waals surface area contributed by atoms with E-state index in [0.29, 0.717) is 5.41 Å². The van der Waals surface area contributed by atoms with Crippen LogP contribution in [0.3, 0.4) is 0 Å². The maximum absolute atomic E-state index is 5.61. The van der Waals surface area contributed by atoms with E-state index in [1.165, 1.54) is 37.8 Å². The number of nitrogens with zero attached hydrogens (tertiary/aromatic N) is 1. The third-order valence-corrected chi connectivity index (χ3v) is 4.08. The van der Waals surface area contributed by atoms with E-state index >= 15 is 0 Å². The number of hydrogen-bond donors (Lipinski definition) is 1. The molecule has 0 unspecified atom stereocenters. The minimum atomic E-state index is 0.147. The maximum Gasteiger partial charge on any atom is 0.0490 e. The highest BCUT2D eigenvalue weighted by atomic mass is 15.1. The predicted octanol–water partition coefficient (Wildman–Crippen LogP) is 2.93. The lowest BCUT2D eigenvalue weighted by Crippen LogP contribution is -2.37. The van der Waals surface area contributed by atoms with Crippen LogP contribution in [0.4, 0.5) is 0 Å². The summed E-state index contributed by atoms with van der Waals surface area (Å²) < 4.78 is 0. The first-order chi connectivity index (χ1) is 6.48. The zero-order valence-electron chi connectivity index (χ0n) is 9.64. The number of fused-ring (bicyclic) bond motifs is 2. The molecule has 0 aromatic carbocycles. The first-order valence-electron chi connectivity index (χ1n) is 5.77. The Morgan fingerprint density at radius 1 is 1.29 bits per heavy atom. The van der Waals surface area contributed by atoms with E-state index in [9.17, 15) is 0 Å². The second-order valence-electron chi connectivity index (χ2n) is 6.16. The summed E-state index contributed by atoms with van der Waals surface area (Å²) in [5.74, 6) is 6.57. The lowest BCUT2D eigenvalue weighted by molar-refractivity contribution is 0.375. The van der Waals surface area contributed by atoms with Crippen molar-refractivity contribution in [3.05, 3.63) is 0 Å². The van der Waals surface area contributed by atoms with Crippen LogP contribution in [0.1, 0.15) is 52.9 Å². The van der Waals surface area contributed by atoms with Crippen molar-refractivity contribution in [2.24, 2.45) is 27.7 Å². The van der Waals surface area contributed by atoms with Crippen LogP contribution in [0.5, 0.6) is 0 Å². The van der Waals surface area contributed by atoms with E-state index in [1.54, 1.807) is 0 Å². The molecule has 0 radical (unpaired) electrons. The molecule has 0 atom stereocenters. The standard InChI is InChI=1S/C12H22N2/c1-11(2,3)10(14-13)12-6-4-9(8-12)5-7-12/h9H,4-8,13H2,1-3H3/b14-10-. The Labute approximate surface area is 86.9 Å². The fourth-order valence-corrected chi connectivity index (χ4v) is 3.65. The van der Waals surface area contributed by atoms with Gasteiger partial charge in [-0.25, -0.2) is 0 Å². The van der Waals surface area contributed by atoms with Gasteiger partial charge in [-0.1, -0.05) is 20.8 Å². The van der Waals surface area contributed by atoms with Gasteiger partial charge in [-0.15, -0.1) is 0 Å². The molecule has 2 heteroatoms.